The van der Waals surface area contributed by atoms with E-state index in [0.717, 1.165) is 16.7 Å². The average Bonchev–Trinajstić information content (AvgIpc) is 2.31. The topological polar surface area (TPSA) is 59.1 Å². The van der Waals surface area contributed by atoms with Crippen LogP contribution in [0.2, 0.25) is 5.15 Å². The molecule has 3 nitrogen and oxygen atoms in total. The van der Waals surface area contributed by atoms with E-state index in [9.17, 15) is 5.11 Å². The fourth-order valence-electron chi connectivity index (χ4n) is 1.45. The number of nitrogens with zero attached hydrogens (tertiary/aromatic N) is 1. The molecular formula is C12H11ClN2O. The SMILES string of the molecule is NCc1cc(-c2ccc(O)cc2)cnc1Cl. The Bertz CT molecular complexity index is 497. The van der Waals surface area contributed by atoms with Gasteiger partial charge in [-0.05, 0) is 23.8 Å². The number of nitrogens with two attached hydrogens (primary N) is 1. The van der Waals surface area contributed by atoms with Crippen LogP contribution in [0.15, 0.2) is 36.5 Å². The molecule has 3 N–H and O–H groups in total. The van der Waals surface area contributed by atoms with Crippen LogP contribution >= 0.6 is 11.6 Å². The van der Waals surface area contributed by atoms with Crippen molar-refractivity contribution in [2.24, 2.45) is 5.73 Å². The predicted octanol–water partition coefficient (Wildman–Crippen LogP) is 2.57. The first-order valence-corrected chi connectivity index (χ1v) is 5.22. The van der Waals surface area contributed by atoms with Gasteiger partial charge in [-0.2, -0.15) is 0 Å². The van der Waals surface area contributed by atoms with Gasteiger partial charge in [0.2, 0.25) is 0 Å². The molecule has 0 saturated heterocycles. The second-order valence-electron chi connectivity index (χ2n) is 3.42. The molecule has 0 aliphatic heterocycles. The number of aromatic hydroxyl groups is 1. The van der Waals surface area contributed by atoms with Crippen LogP contribution in [0, 0.1) is 0 Å². The maximum absolute atomic E-state index is 9.19. The molecule has 2 aromatic rings. The van der Waals surface area contributed by atoms with E-state index in [0.29, 0.717) is 11.7 Å². The molecule has 1 heterocycles. The monoisotopic (exact) mass is 234 g/mol. The highest BCUT2D eigenvalue weighted by Gasteiger charge is 2.03. The molecule has 16 heavy (non-hydrogen) atoms. The number of phenolic OH excluding ortho intramolecular Hbond substituents is 1. The van der Waals surface area contributed by atoms with Gasteiger partial charge in [0.1, 0.15) is 10.9 Å². The second-order valence-corrected chi connectivity index (χ2v) is 3.78. The zero-order valence-electron chi connectivity index (χ0n) is 8.52. The summed E-state index contributed by atoms with van der Waals surface area (Å²) in [5, 5.41) is 9.63. The van der Waals surface area contributed by atoms with Gasteiger partial charge >= 0.3 is 0 Å². The summed E-state index contributed by atoms with van der Waals surface area (Å²) in [5.74, 6) is 0.240. The Morgan fingerprint density at radius 2 is 1.88 bits per heavy atom. The van der Waals surface area contributed by atoms with Crippen molar-refractivity contribution >= 4 is 11.6 Å². The van der Waals surface area contributed by atoms with Gasteiger partial charge in [-0.1, -0.05) is 23.7 Å². The predicted molar refractivity (Wildman–Crippen MR) is 64.2 cm³/mol. The van der Waals surface area contributed by atoms with E-state index in [2.05, 4.69) is 4.98 Å². The van der Waals surface area contributed by atoms with Crippen molar-refractivity contribution in [1.82, 2.24) is 4.98 Å². The van der Waals surface area contributed by atoms with Gasteiger partial charge in [-0.3, -0.25) is 0 Å². The molecule has 0 fully saturated rings. The number of rotatable bonds is 2. The van der Waals surface area contributed by atoms with Gasteiger partial charge in [-0.25, -0.2) is 4.98 Å². The van der Waals surface area contributed by atoms with E-state index in [1.807, 2.05) is 18.2 Å². The minimum atomic E-state index is 0.240. The lowest BCUT2D eigenvalue weighted by atomic mass is 10.1. The molecule has 0 saturated carbocycles. The van der Waals surface area contributed by atoms with Crippen LogP contribution in [-0.2, 0) is 6.54 Å². The highest BCUT2D eigenvalue weighted by atomic mass is 35.5. The molecular weight excluding hydrogens is 224 g/mol. The van der Waals surface area contributed by atoms with Crippen molar-refractivity contribution in [3.63, 3.8) is 0 Å². The van der Waals surface area contributed by atoms with Crippen LogP contribution in [0.5, 0.6) is 5.75 Å². The van der Waals surface area contributed by atoms with E-state index in [-0.39, 0.29) is 5.75 Å². The molecule has 0 atom stereocenters. The molecule has 1 aromatic carbocycles. The van der Waals surface area contributed by atoms with Crippen LogP contribution in [0.25, 0.3) is 11.1 Å². The maximum Gasteiger partial charge on any atom is 0.133 e. The maximum atomic E-state index is 9.19. The Labute approximate surface area is 98.5 Å². The summed E-state index contributed by atoms with van der Waals surface area (Å²) in [6.07, 6.45) is 1.69. The largest absolute Gasteiger partial charge is 0.508 e. The number of hydrogen-bond donors (Lipinski definition) is 2. The number of hydrogen-bond acceptors (Lipinski definition) is 3. The quantitative estimate of drug-likeness (QED) is 0.786. The molecule has 0 aliphatic rings. The first-order valence-electron chi connectivity index (χ1n) is 4.84. The van der Waals surface area contributed by atoms with Crippen LogP contribution in [-0.4, -0.2) is 10.1 Å². The summed E-state index contributed by atoms with van der Waals surface area (Å²) < 4.78 is 0. The van der Waals surface area contributed by atoms with Crippen molar-refractivity contribution in [2.75, 3.05) is 0 Å². The third kappa shape index (κ3) is 2.15. The van der Waals surface area contributed by atoms with E-state index in [1.54, 1.807) is 18.3 Å². The molecule has 1 aromatic heterocycles. The third-order valence-electron chi connectivity index (χ3n) is 2.33. The Morgan fingerprint density at radius 1 is 1.19 bits per heavy atom. The molecule has 0 aliphatic carbocycles. The Kier molecular flexibility index (Phi) is 3.08. The van der Waals surface area contributed by atoms with Crippen molar-refractivity contribution in [2.45, 2.75) is 6.54 Å². The van der Waals surface area contributed by atoms with Crippen LogP contribution in [0.1, 0.15) is 5.56 Å². The zero-order chi connectivity index (χ0) is 11.5. The fourth-order valence-corrected chi connectivity index (χ4v) is 1.63. The van der Waals surface area contributed by atoms with Crippen LogP contribution in [0.3, 0.4) is 0 Å². The van der Waals surface area contributed by atoms with E-state index < -0.39 is 0 Å². The lowest BCUT2D eigenvalue weighted by molar-refractivity contribution is 0.475. The van der Waals surface area contributed by atoms with Gasteiger partial charge < -0.3 is 10.8 Å². The second kappa shape index (κ2) is 4.51. The Morgan fingerprint density at radius 3 is 2.50 bits per heavy atom. The van der Waals surface area contributed by atoms with Gasteiger partial charge in [0.05, 0.1) is 0 Å². The van der Waals surface area contributed by atoms with E-state index in [1.165, 1.54) is 0 Å². The van der Waals surface area contributed by atoms with Crippen LogP contribution < -0.4 is 5.73 Å². The summed E-state index contributed by atoms with van der Waals surface area (Å²) in [6.45, 7) is 0.359. The smallest absolute Gasteiger partial charge is 0.133 e. The molecule has 0 radical (unpaired) electrons. The zero-order valence-corrected chi connectivity index (χ0v) is 9.28. The van der Waals surface area contributed by atoms with Crippen molar-refractivity contribution in [3.8, 4) is 16.9 Å². The minimum absolute atomic E-state index is 0.240. The van der Waals surface area contributed by atoms with Gasteiger partial charge in [-0.15, -0.1) is 0 Å². The summed E-state index contributed by atoms with van der Waals surface area (Å²) in [5.41, 5.74) is 8.27. The van der Waals surface area contributed by atoms with E-state index >= 15 is 0 Å². The molecule has 4 heteroatoms. The van der Waals surface area contributed by atoms with Gasteiger partial charge in [0.25, 0.3) is 0 Å². The minimum Gasteiger partial charge on any atom is -0.508 e. The number of pyridine rings is 1. The van der Waals surface area contributed by atoms with Gasteiger partial charge in [0, 0.05) is 23.9 Å². The van der Waals surface area contributed by atoms with Crippen molar-refractivity contribution < 1.29 is 5.11 Å². The Hall–Kier alpha value is -1.58. The summed E-state index contributed by atoms with van der Waals surface area (Å²) in [7, 11) is 0. The number of aromatic nitrogens is 1. The van der Waals surface area contributed by atoms with Crippen molar-refractivity contribution in [3.05, 3.63) is 47.2 Å². The normalized spacial score (nSPS) is 10.4. The van der Waals surface area contributed by atoms with Gasteiger partial charge in [0.15, 0.2) is 0 Å². The highest BCUT2D eigenvalue weighted by molar-refractivity contribution is 6.30. The summed E-state index contributed by atoms with van der Waals surface area (Å²) in [4.78, 5) is 4.07. The Balaban J connectivity index is 2.44. The first kappa shape index (κ1) is 10.9. The number of halogens is 1. The van der Waals surface area contributed by atoms with Crippen LogP contribution in [0.4, 0.5) is 0 Å². The summed E-state index contributed by atoms with van der Waals surface area (Å²) >= 11 is 5.88. The number of phenols is 1. The molecule has 0 bridgehead atoms. The average molecular weight is 235 g/mol. The lowest BCUT2D eigenvalue weighted by Gasteiger charge is -2.05. The lowest BCUT2D eigenvalue weighted by Crippen LogP contribution is -1.98. The molecule has 0 amide bonds. The fraction of sp³-hybridized carbons (Fsp3) is 0.0833. The van der Waals surface area contributed by atoms with E-state index in [4.69, 9.17) is 17.3 Å². The molecule has 0 spiro atoms. The number of benzene rings is 1. The third-order valence-corrected chi connectivity index (χ3v) is 2.67. The van der Waals surface area contributed by atoms with Crippen molar-refractivity contribution in [1.29, 1.82) is 0 Å². The standard InChI is InChI=1S/C12H11ClN2O/c13-12-9(6-14)5-10(7-15-12)8-1-3-11(16)4-2-8/h1-5,7,16H,6,14H2. The molecule has 2 rings (SSSR count). The first-order chi connectivity index (χ1) is 7.70. The molecule has 0 unspecified atom stereocenters. The highest BCUT2D eigenvalue weighted by Crippen LogP contribution is 2.24. The summed E-state index contributed by atoms with van der Waals surface area (Å²) in [6, 6.07) is 8.81. The molecule has 82 valence electrons.